The molecule has 0 aromatic heterocycles. The van der Waals surface area contributed by atoms with Crippen molar-refractivity contribution < 1.29 is 0 Å². The van der Waals surface area contributed by atoms with Gasteiger partial charge in [0.05, 0.1) is 0 Å². The fourth-order valence-electron chi connectivity index (χ4n) is 3.61. The lowest BCUT2D eigenvalue weighted by molar-refractivity contribution is 0.142. The molecule has 0 saturated carbocycles. The van der Waals surface area contributed by atoms with Gasteiger partial charge in [-0.2, -0.15) is 0 Å². The van der Waals surface area contributed by atoms with Gasteiger partial charge in [0, 0.05) is 11.4 Å². The molecule has 1 aliphatic rings. The number of unbranched alkanes of at least 4 members (excludes halogenated alkanes) is 9. The summed E-state index contributed by atoms with van der Waals surface area (Å²) in [6, 6.07) is 0.872. The van der Waals surface area contributed by atoms with Crippen LogP contribution in [0.2, 0.25) is 0 Å². The molecule has 0 spiro atoms. The summed E-state index contributed by atoms with van der Waals surface area (Å²) in [5.74, 6) is 0. The molecule has 0 amide bonds. The normalized spacial score (nSPS) is 20.0. The van der Waals surface area contributed by atoms with Gasteiger partial charge in [0.25, 0.3) is 0 Å². The minimum Gasteiger partial charge on any atom is -0.300 e. The van der Waals surface area contributed by atoms with Crippen molar-refractivity contribution in [1.29, 1.82) is 0 Å². The highest BCUT2D eigenvalue weighted by Gasteiger charge is 2.20. The van der Waals surface area contributed by atoms with Crippen molar-refractivity contribution in [3.05, 3.63) is 0 Å². The second kappa shape index (κ2) is 14.1. The summed E-state index contributed by atoms with van der Waals surface area (Å²) in [4.78, 5) is 2.77. The minimum absolute atomic E-state index is 0.872. The van der Waals surface area contributed by atoms with Gasteiger partial charge >= 0.3 is 0 Å². The smallest absolute Gasteiger partial charge is 0.0103 e. The Kier molecular flexibility index (Phi) is 13.0. The maximum absolute atomic E-state index is 3.62. The second-order valence-electron chi connectivity index (χ2n) is 6.85. The molecule has 1 fully saturated rings. The van der Waals surface area contributed by atoms with Crippen LogP contribution in [0.25, 0.3) is 0 Å². The zero-order valence-corrected chi connectivity index (χ0v) is 16.0. The Hall–Kier alpha value is 0.440. The Morgan fingerprint density at radius 1 is 0.857 bits per heavy atom. The molecule has 0 aromatic carbocycles. The van der Waals surface area contributed by atoms with E-state index < -0.39 is 0 Å². The van der Waals surface area contributed by atoms with Gasteiger partial charge in [-0.05, 0) is 38.8 Å². The highest BCUT2D eigenvalue weighted by Crippen LogP contribution is 2.21. The first kappa shape index (κ1) is 19.5. The average molecular weight is 360 g/mol. The first-order chi connectivity index (χ1) is 10.4. The van der Waals surface area contributed by atoms with Crippen molar-refractivity contribution in [3.63, 3.8) is 0 Å². The van der Waals surface area contributed by atoms with Gasteiger partial charge in [-0.25, -0.2) is 0 Å². The predicted octanol–water partition coefficient (Wildman–Crippen LogP) is 6.55. The van der Waals surface area contributed by atoms with Crippen LogP contribution in [0.15, 0.2) is 0 Å². The van der Waals surface area contributed by atoms with E-state index in [1.54, 1.807) is 0 Å². The number of halogens is 1. The fourth-order valence-corrected chi connectivity index (χ4v) is 4.14. The van der Waals surface area contributed by atoms with E-state index in [1.807, 2.05) is 0 Å². The first-order valence-electron chi connectivity index (χ1n) is 9.68. The van der Waals surface area contributed by atoms with Gasteiger partial charge < -0.3 is 4.90 Å². The molecule has 0 aromatic rings. The van der Waals surface area contributed by atoms with Gasteiger partial charge in [-0.1, -0.05) is 87.1 Å². The van der Waals surface area contributed by atoms with E-state index >= 15 is 0 Å². The molecular weight excluding hydrogens is 322 g/mol. The molecule has 1 aliphatic heterocycles. The highest BCUT2D eigenvalue weighted by atomic mass is 79.9. The van der Waals surface area contributed by atoms with Crippen LogP contribution in [0, 0.1) is 0 Å². The molecule has 2 heteroatoms. The van der Waals surface area contributed by atoms with E-state index in [0.29, 0.717) is 0 Å². The van der Waals surface area contributed by atoms with Crippen molar-refractivity contribution in [2.75, 3.05) is 18.4 Å². The largest absolute Gasteiger partial charge is 0.300 e. The summed E-state index contributed by atoms with van der Waals surface area (Å²) in [7, 11) is 0. The predicted molar refractivity (Wildman–Crippen MR) is 99.5 cm³/mol. The molecule has 1 unspecified atom stereocenters. The van der Waals surface area contributed by atoms with Crippen molar-refractivity contribution in [3.8, 4) is 0 Å². The van der Waals surface area contributed by atoms with Crippen molar-refractivity contribution >= 4 is 15.9 Å². The molecule has 0 aliphatic carbocycles. The summed E-state index contributed by atoms with van der Waals surface area (Å²) in [5, 5.41) is 1.17. The van der Waals surface area contributed by atoms with Gasteiger partial charge in [0.1, 0.15) is 0 Å². The lowest BCUT2D eigenvalue weighted by atomic mass is 9.99. The first-order valence-corrected chi connectivity index (χ1v) is 10.8. The van der Waals surface area contributed by atoms with E-state index in [-0.39, 0.29) is 0 Å². The standard InChI is InChI=1S/C19H38BrN/c1-2-3-4-5-6-7-8-9-10-12-17-21-18-13-11-14-19(21)15-16-20/h19H,2-18H2,1H3. The molecule has 1 heterocycles. The van der Waals surface area contributed by atoms with Crippen molar-refractivity contribution in [2.45, 2.75) is 103 Å². The Labute approximate surface area is 142 Å². The molecular formula is C19H38BrN. The van der Waals surface area contributed by atoms with Gasteiger partial charge in [-0.3, -0.25) is 0 Å². The number of alkyl halides is 1. The Balaban J connectivity index is 1.91. The quantitative estimate of drug-likeness (QED) is 0.266. The van der Waals surface area contributed by atoms with Crippen LogP contribution in [0.4, 0.5) is 0 Å². The zero-order valence-electron chi connectivity index (χ0n) is 14.4. The Morgan fingerprint density at radius 3 is 2.10 bits per heavy atom. The third kappa shape index (κ3) is 9.94. The third-order valence-electron chi connectivity index (χ3n) is 4.99. The van der Waals surface area contributed by atoms with Crippen LogP contribution in [0.3, 0.4) is 0 Å². The summed E-state index contributed by atoms with van der Waals surface area (Å²) in [5.41, 5.74) is 0. The molecule has 1 rings (SSSR count). The van der Waals surface area contributed by atoms with Crippen LogP contribution in [0.1, 0.15) is 96.8 Å². The summed E-state index contributed by atoms with van der Waals surface area (Å²) in [6.07, 6.45) is 20.1. The number of hydrogen-bond acceptors (Lipinski definition) is 1. The molecule has 0 N–H and O–H groups in total. The number of rotatable bonds is 13. The molecule has 1 atom stereocenters. The average Bonchev–Trinajstić information content (AvgIpc) is 2.51. The molecule has 0 radical (unpaired) electrons. The number of likely N-dealkylation sites (tertiary alicyclic amines) is 1. The maximum Gasteiger partial charge on any atom is 0.0103 e. The fraction of sp³-hybridized carbons (Fsp3) is 1.00. The molecule has 21 heavy (non-hydrogen) atoms. The van der Waals surface area contributed by atoms with Crippen LogP contribution in [0.5, 0.6) is 0 Å². The Bertz CT molecular complexity index is 218. The number of hydrogen-bond donors (Lipinski definition) is 0. The summed E-state index contributed by atoms with van der Waals surface area (Å²) >= 11 is 3.62. The van der Waals surface area contributed by atoms with Gasteiger partial charge in [0.2, 0.25) is 0 Å². The molecule has 1 nitrogen and oxygen atoms in total. The zero-order chi connectivity index (χ0) is 15.2. The van der Waals surface area contributed by atoms with Crippen LogP contribution < -0.4 is 0 Å². The van der Waals surface area contributed by atoms with Gasteiger partial charge in [0.15, 0.2) is 0 Å². The number of piperidine rings is 1. The monoisotopic (exact) mass is 359 g/mol. The highest BCUT2D eigenvalue weighted by molar-refractivity contribution is 9.09. The van der Waals surface area contributed by atoms with E-state index in [0.717, 1.165) is 6.04 Å². The Morgan fingerprint density at radius 2 is 1.48 bits per heavy atom. The lowest BCUT2D eigenvalue weighted by Crippen LogP contribution is -2.40. The number of nitrogens with zero attached hydrogens (tertiary/aromatic N) is 1. The second-order valence-corrected chi connectivity index (χ2v) is 7.64. The molecule has 126 valence electrons. The lowest BCUT2D eigenvalue weighted by Gasteiger charge is -2.35. The topological polar surface area (TPSA) is 3.24 Å². The van der Waals surface area contributed by atoms with E-state index in [1.165, 1.54) is 108 Å². The van der Waals surface area contributed by atoms with Crippen molar-refractivity contribution in [2.24, 2.45) is 0 Å². The van der Waals surface area contributed by atoms with Crippen molar-refractivity contribution in [1.82, 2.24) is 4.90 Å². The SMILES string of the molecule is CCCCCCCCCCCCN1CCCCC1CCBr. The van der Waals surface area contributed by atoms with E-state index in [9.17, 15) is 0 Å². The van der Waals surface area contributed by atoms with E-state index in [2.05, 4.69) is 27.8 Å². The van der Waals surface area contributed by atoms with Gasteiger partial charge in [-0.15, -0.1) is 0 Å². The van der Waals surface area contributed by atoms with Crippen LogP contribution in [-0.4, -0.2) is 29.4 Å². The van der Waals surface area contributed by atoms with E-state index in [4.69, 9.17) is 0 Å². The van der Waals surface area contributed by atoms with Crippen LogP contribution >= 0.6 is 15.9 Å². The van der Waals surface area contributed by atoms with Crippen LogP contribution in [-0.2, 0) is 0 Å². The third-order valence-corrected chi connectivity index (χ3v) is 5.45. The molecule has 1 saturated heterocycles. The maximum atomic E-state index is 3.62. The minimum atomic E-state index is 0.872. The molecule has 0 bridgehead atoms. The summed E-state index contributed by atoms with van der Waals surface area (Å²) in [6.45, 7) is 5.01. The summed E-state index contributed by atoms with van der Waals surface area (Å²) < 4.78 is 0.